The average molecular weight is 502 g/mol. The maximum Gasteiger partial charge on any atom is 0.242 e. The molecule has 0 unspecified atom stereocenters. The minimum atomic E-state index is -3.70. The molecule has 2 fully saturated rings. The van der Waals surface area contributed by atoms with E-state index in [0.717, 1.165) is 56.6 Å². The van der Waals surface area contributed by atoms with Crippen LogP contribution in [0.1, 0.15) is 37.7 Å². The number of hydrogen-bond acceptors (Lipinski definition) is 3. The third-order valence-corrected chi connectivity index (χ3v) is 8.99. The maximum atomic E-state index is 13.0. The zero-order valence-corrected chi connectivity index (χ0v) is 20.3. The van der Waals surface area contributed by atoms with E-state index < -0.39 is 10.0 Å². The van der Waals surface area contributed by atoms with Crippen molar-refractivity contribution in [2.24, 2.45) is 5.92 Å². The van der Waals surface area contributed by atoms with Gasteiger partial charge in [-0.05, 0) is 87.0 Å². The highest BCUT2D eigenvalue weighted by Crippen LogP contribution is 2.32. The number of likely N-dealkylation sites (tertiary alicyclic amines) is 1. The first kappa shape index (κ1) is 23.3. The number of rotatable bonds is 6. The summed E-state index contributed by atoms with van der Waals surface area (Å²) in [4.78, 5) is 2.56. The highest BCUT2D eigenvalue weighted by molar-refractivity contribution is 7.89. The van der Waals surface area contributed by atoms with E-state index in [1.807, 2.05) is 12.1 Å². The Kier molecular flexibility index (Phi) is 7.52. The first-order chi connectivity index (χ1) is 14.8. The molecule has 2 aliphatic rings. The van der Waals surface area contributed by atoms with Gasteiger partial charge in [0.05, 0.1) is 5.02 Å². The minimum Gasteiger partial charge on any atom is -0.299 e. The molecule has 31 heavy (non-hydrogen) atoms. The molecule has 168 valence electrons. The quantitative estimate of drug-likeness (QED) is 0.544. The van der Waals surface area contributed by atoms with Gasteiger partial charge in [0.15, 0.2) is 0 Å². The van der Waals surface area contributed by atoms with Crippen LogP contribution in [0.25, 0.3) is 0 Å². The van der Waals surface area contributed by atoms with Gasteiger partial charge < -0.3 is 0 Å². The molecule has 0 bridgehead atoms. The summed E-state index contributed by atoms with van der Waals surface area (Å²) in [5.41, 5.74) is 1.33. The van der Waals surface area contributed by atoms with Crippen LogP contribution in [0.5, 0.6) is 0 Å². The summed E-state index contributed by atoms with van der Waals surface area (Å²) in [6.45, 7) is 2.01. The van der Waals surface area contributed by atoms with Gasteiger partial charge in [-0.25, -0.2) is 13.1 Å². The molecule has 4 rings (SSSR count). The monoisotopic (exact) mass is 500 g/mol. The summed E-state index contributed by atoms with van der Waals surface area (Å²) in [7, 11) is -3.70. The van der Waals surface area contributed by atoms with E-state index in [9.17, 15) is 8.42 Å². The first-order valence-electron chi connectivity index (χ1n) is 10.8. The van der Waals surface area contributed by atoms with Crippen LogP contribution in [0.4, 0.5) is 0 Å². The molecule has 8 heteroatoms. The van der Waals surface area contributed by atoms with Crippen molar-refractivity contribution in [3.8, 4) is 0 Å². The van der Waals surface area contributed by atoms with E-state index in [2.05, 4.69) is 21.8 Å². The van der Waals surface area contributed by atoms with Crippen molar-refractivity contribution in [1.29, 1.82) is 0 Å². The molecule has 1 aliphatic heterocycles. The Morgan fingerprint density at radius 3 is 2.26 bits per heavy atom. The summed E-state index contributed by atoms with van der Waals surface area (Å²) in [6, 6.07) is 12.8. The molecule has 1 heterocycles. The summed E-state index contributed by atoms with van der Waals surface area (Å²) in [5.74, 6) is 0.654. The maximum absolute atomic E-state index is 13.0. The first-order valence-corrected chi connectivity index (χ1v) is 13.4. The second-order valence-corrected chi connectivity index (χ2v) is 11.6. The van der Waals surface area contributed by atoms with E-state index in [1.54, 1.807) is 6.07 Å². The summed E-state index contributed by atoms with van der Waals surface area (Å²) in [6.07, 6.45) is 6.21. The predicted molar refractivity (Wildman–Crippen MR) is 128 cm³/mol. The van der Waals surface area contributed by atoms with Crippen molar-refractivity contribution < 1.29 is 8.42 Å². The molecule has 2 atom stereocenters. The van der Waals surface area contributed by atoms with E-state index in [1.165, 1.54) is 17.7 Å². The lowest BCUT2D eigenvalue weighted by Gasteiger charge is -2.38. The molecule has 0 amide bonds. The number of piperidine rings is 1. The van der Waals surface area contributed by atoms with Gasteiger partial charge in [0.1, 0.15) is 4.90 Å². The summed E-state index contributed by atoms with van der Waals surface area (Å²) < 4.78 is 28.8. The highest BCUT2D eigenvalue weighted by atomic mass is 35.5. The number of nitrogens with zero attached hydrogens (tertiary/aromatic N) is 1. The van der Waals surface area contributed by atoms with E-state index in [0.29, 0.717) is 10.9 Å². The van der Waals surface area contributed by atoms with E-state index in [-0.39, 0.29) is 22.0 Å². The normalized spacial score (nSPS) is 23.3. The van der Waals surface area contributed by atoms with E-state index >= 15 is 0 Å². The standard InChI is InChI=1S/C23H27Cl3N2O2S/c24-18-6-4-16(5-7-18)14-17-10-12-28(13-11-17)22-3-1-2-21(22)27-31(29,30)23-9-8-19(25)15-20(23)26/h4-9,15,17,21-22,27H,1-3,10-14H2/t21-,22-/m1/s1. The highest BCUT2D eigenvalue weighted by Gasteiger charge is 2.37. The van der Waals surface area contributed by atoms with E-state index in [4.69, 9.17) is 34.8 Å². The zero-order chi connectivity index (χ0) is 22.0. The van der Waals surface area contributed by atoms with Crippen molar-refractivity contribution >= 4 is 44.8 Å². The topological polar surface area (TPSA) is 49.4 Å². The Balaban J connectivity index is 1.36. The lowest BCUT2D eigenvalue weighted by Crippen LogP contribution is -2.51. The average Bonchev–Trinajstić information content (AvgIpc) is 3.17. The molecule has 2 aromatic rings. The fourth-order valence-electron chi connectivity index (χ4n) is 4.91. The van der Waals surface area contributed by atoms with Gasteiger partial charge in [-0.3, -0.25) is 4.90 Å². The Labute approximate surface area is 199 Å². The van der Waals surface area contributed by atoms with Crippen LogP contribution in [-0.4, -0.2) is 38.5 Å². The third-order valence-electron chi connectivity index (χ3n) is 6.53. The Morgan fingerprint density at radius 1 is 0.903 bits per heavy atom. The van der Waals surface area contributed by atoms with Gasteiger partial charge in [-0.1, -0.05) is 53.4 Å². The lowest BCUT2D eigenvalue weighted by molar-refractivity contribution is 0.122. The second kappa shape index (κ2) is 9.98. The number of nitrogens with one attached hydrogen (secondary N) is 1. The second-order valence-electron chi connectivity index (χ2n) is 8.61. The summed E-state index contributed by atoms with van der Waals surface area (Å²) >= 11 is 18.1. The molecule has 1 aliphatic carbocycles. The van der Waals surface area contributed by atoms with Crippen LogP contribution in [-0.2, 0) is 16.4 Å². The minimum absolute atomic E-state index is 0.0888. The van der Waals surface area contributed by atoms with Crippen LogP contribution in [0.3, 0.4) is 0 Å². The molecule has 0 aromatic heterocycles. The number of benzene rings is 2. The fourth-order valence-corrected chi connectivity index (χ4v) is 7.12. The molecular formula is C23H27Cl3N2O2S. The van der Waals surface area contributed by atoms with Crippen LogP contribution in [0.2, 0.25) is 15.1 Å². The molecule has 0 spiro atoms. The molecule has 2 aromatic carbocycles. The zero-order valence-electron chi connectivity index (χ0n) is 17.2. The van der Waals surface area contributed by atoms with Crippen molar-refractivity contribution in [2.45, 2.75) is 55.5 Å². The van der Waals surface area contributed by atoms with Gasteiger partial charge in [-0.2, -0.15) is 0 Å². The Bertz CT molecular complexity index is 1010. The van der Waals surface area contributed by atoms with Crippen molar-refractivity contribution in [3.05, 3.63) is 63.1 Å². The molecule has 1 saturated heterocycles. The van der Waals surface area contributed by atoms with Gasteiger partial charge in [0.25, 0.3) is 0 Å². The molecule has 1 saturated carbocycles. The van der Waals surface area contributed by atoms with Crippen LogP contribution in [0, 0.1) is 5.92 Å². The van der Waals surface area contributed by atoms with Crippen molar-refractivity contribution in [2.75, 3.05) is 13.1 Å². The predicted octanol–water partition coefficient (Wildman–Crippen LogP) is 5.80. The van der Waals surface area contributed by atoms with Gasteiger partial charge in [0, 0.05) is 22.1 Å². The van der Waals surface area contributed by atoms with Crippen LogP contribution < -0.4 is 4.72 Å². The van der Waals surface area contributed by atoms with Gasteiger partial charge in [0.2, 0.25) is 10.0 Å². The molecule has 0 radical (unpaired) electrons. The van der Waals surface area contributed by atoms with Gasteiger partial charge >= 0.3 is 0 Å². The third kappa shape index (κ3) is 5.76. The largest absolute Gasteiger partial charge is 0.299 e. The van der Waals surface area contributed by atoms with Crippen LogP contribution >= 0.6 is 34.8 Å². The lowest BCUT2D eigenvalue weighted by atomic mass is 9.89. The number of hydrogen-bond donors (Lipinski definition) is 1. The Hall–Kier alpha value is -0.820. The van der Waals surface area contributed by atoms with Crippen molar-refractivity contribution in [1.82, 2.24) is 9.62 Å². The SMILES string of the molecule is O=S(=O)(N[C@@H]1CCC[C@H]1N1CCC(Cc2ccc(Cl)cc2)CC1)c1ccc(Cl)cc1Cl. The molecule has 4 nitrogen and oxygen atoms in total. The van der Waals surface area contributed by atoms with Gasteiger partial charge in [-0.15, -0.1) is 0 Å². The summed E-state index contributed by atoms with van der Waals surface area (Å²) in [5, 5.41) is 1.34. The molecule has 1 N–H and O–H groups in total. The smallest absolute Gasteiger partial charge is 0.242 e. The van der Waals surface area contributed by atoms with Crippen LogP contribution in [0.15, 0.2) is 47.4 Å². The fraction of sp³-hybridized carbons (Fsp3) is 0.478. The Morgan fingerprint density at radius 2 is 1.58 bits per heavy atom. The number of halogens is 3. The molecular weight excluding hydrogens is 475 g/mol. The van der Waals surface area contributed by atoms with Crippen molar-refractivity contribution in [3.63, 3.8) is 0 Å². The number of sulfonamides is 1.